The highest BCUT2D eigenvalue weighted by molar-refractivity contribution is 5.99. The lowest BCUT2D eigenvalue weighted by Crippen LogP contribution is -2.69. The zero-order valence-electron chi connectivity index (χ0n) is 16.9. The second-order valence-electron chi connectivity index (χ2n) is 9.48. The molecular weight excluding hydrogens is 368 g/mol. The van der Waals surface area contributed by atoms with Crippen molar-refractivity contribution in [2.75, 3.05) is 38.8 Å². The van der Waals surface area contributed by atoms with Crippen LogP contribution in [0.4, 0.5) is 5.69 Å². The number of amides is 1. The average Bonchev–Trinajstić information content (AvgIpc) is 3.20. The summed E-state index contributed by atoms with van der Waals surface area (Å²) >= 11 is 0. The van der Waals surface area contributed by atoms with Crippen molar-refractivity contribution in [3.63, 3.8) is 0 Å². The zero-order valence-corrected chi connectivity index (χ0v) is 16.9. The van der Waals surface area contributed by atoms with Crippen molar-refractivity contribution in [2.45, 2.75) is 42.9 Å². The van der Waals surface area contributed by atoms with Gasteiger partial charge in [-0.3, -0.25) is 9.69 Å². The summed E-state index contributed by atoms with van der Waals surface area (Å²) in [4.78, 5) is 18.3. The monoisotopic (exact) mass is 394 g/mol. The van der Waals surface area contributed by atoms with Crippen molar-refractivity contribution >= 4 is 11.6 Å². The Bertz CT molecular complexity index is 974. The molecule has 0 radical (unpaired) electrons. The first-order valence-electron chi connectivity index (χ1n) is 10.8. The van der Waals surface area contributed by atoms with Crippen molar-refractivity contribution in [1.82, 2.24) is 4.90 Å². The van der Waals surface area contributed by atoms with Crippen LogP contribution in [0.3, 0.4) is 0 Å². The molecule has 5 heterocycles. The Morgan fingerprint density at radius 3 is 2.86 bits per heavy atom. The number of carbonyl (C=O) groups is 1. The Morgan fingerprint density at radius 1 is 1.21 bits per heavy atom. The Hall–Kier alpha value is -2.05. The first-order chi connectivity index (χ1) is 14.2. The molecule has 6 aliphatic rings. The van der Waals surface area contributed by atoms with Gasteiger partial charge in [-0.2, -0.15) is 0 Å². The van der Waals surface area contributed by atoms with Gasteiger partial charge in [0.1, 0.15) is 0 Å². The van der Waals surface area contributed by atoms with E-state index in [1.165, 1.54) is 12.0 Å². The molecule has 1 spiro atoms. The minimum absolute atomic E-state index is 0.0242. The summed E-state index contributed by atoms with van der Waals surface area (Å²) < 4.78 is 17.6. The molecule has 29 heavy (non-hydrogen) atoms. The topological polar surface area (TPSA) is 51.2 Å². The lowest BCUT2D eigenvalue weighted by molar-refractivity contribution is -0.132. The first-order valence-corrected chi connectivity index (χ1v) is 10.8. The van der Waals surface area contributed by atoms with Crippen LogP contribution in [-0.4, -0.2) is 62.9 Å². The van der Waals surface area contributed by atoms with Crippen LogP contribution >= 0.6 is 0 Å². The van der Waals surface area contributed by atoms with E-state index in [9.17, 15) is 4.79 Å². The van der Waals surface area contributed by atoms with E-state index in [4.69, 9.17) is 14.2 Å². The van der Waals surface area contributed by atoms with Crippen molar-refractivity contribution in [3.8, 4) is 11.5 Å². The molecule has 1 aliphatic carbocycles. The van der Waals surface area contributed by atoms with Crippen LogP contribution < -0.4 is 14.4 Å². The van der Waals surface area contributed by atoms with Crippen LogP contribution in [-0.2, 0) is 14.9 Å². The molecule has 6 atom stereocenters. The molecule has 0 unspecified atom stereocenters. The Balaban J connectivity index is 1.52. The number of benzene rings is 1. The van der Waals surface area contributed by atoms with Gasteiger partial charge in [0.05, 0.1) is 45.1 Å². The summed E-state index contributed by atoms with van der Waals surface area (Å²) in [6.07, 6.45) is 5.11. The van der Waals surface area contributed by atoms with Crippen molar-refractivity contribution < 1.29 is 19.0 Å². The third-order valence-corrected chi connectivity index (χ3v) is 8.81. The molecule has 2 bridgehead atoms. The minimum atomic E-state index is -0.0242. The maximum absolute atomic E-state index is 13.5. The van der Waals surface area contributed by atoms with Crippen molar-refractivity contribution in [3.05, 3.63) is 29.3 Å². The fraction of sp³-hybridized carbons (Fsp3) is 0.609. The molecule has 0 aromatic heterocycles. The summed E-state index contributed by atoms with van der Waals surface area (Å²) in [5, 5.41) is 0. The van der Waals surface area contributed by atoms with Crippen LogP contribution in [0.1, 0.15) is 24.8 Å². The summed E-state index contributed by atoms with van der Waals surface area (Å²) in [6.45, 7) is 2.80. The number of nitrogens with zero attached hydrogens (tertiary/aromatic N) is 2. The van der Waals surface area contributed by atoms with Gasteiger partial charge in [0.2, 0.25) is 5.91 Å². The van der Waals surface area contributed by atoms with Gasteiger partial charge in [0.15, 0.2) is 11.5 Å². The van der Waals surface area contributed by atoms with E-state index in [1.54, 1.807) is 19.8 Å². The second kappa shape index (κ2) is 5.35. The Kier molecular flexibility index (Phi) is 3.08. The minimum Gasteiger partial charge on any atom is -0.493 e. The van der Waals surface area contributed by atoms with Gasteiger partial charge < -0.3 is 19.1 Å². The fourth-order valence-electron chi connectivity index (χ4n) is 7.87. The number of hydrogen-bond acceptors (Lipinski definition) is 5. The van der Waals surface area contributed by atoms with Crippen LogP contribution in [0.15, 0.2) is 23.8 Å². The van der Waals surface area contributed by atoms with Crippen LogP contribution in [0.2, 0.25) is 0 Å². The van der Waals surface area contributed by atoms with Crippen LogP contribution in [0.25, 0.3) is 0 Å². The smallest absolute Gasteiger partial charge is 0.229 e. The van der Waals surface area contributed by atoms with Gasteiger partial charge in [-0.1, -0.05) is 11.6 Å². The molecule has 1 amide bonds. The van der Waals surface area contributed by atoms with Gasteiger partial charge in [-0.15, -0.1) is 0 Å². The largest absolute Gasteiger partial charge is 0.493 e. The first kappa shape index (κ1) is 16.7. The third kappa shape index (κ3) is 1.76. The zero-order chi connectivity index (χ0) is 19.5. The standard InChI is InChI=1S/C23H26N2O4/c1-27-16-8-14-15(9-17(16)28-2)25-20(26)10-18-21-13-7-19-23(14,22(21)25)4-5-24(19)11-12(13)3-6-29-18/h3,8-9,13,18-19,21-22H,4-7,10-11H2,1-2H3/t13-,18+,19+,21+,22-,23+/m0/s1. The highest BCUT2D eigenvalue weighted by Gasteiger charge is 2.71. The summed E-state index contributed by atoms with van der Waals surface area (Å²) in [6, 6.07) is 4.87. The molecule has 7 rings (SSSR count). The van der Waals surface area contributed by atoms with E-state index >= 15 is 0 Å². The fourth-order valence-corrected chi connectivity index (χ4v) is 7.87. The summed E-state index contributed by atoms with van der Waals surface area (Å²) in [7, 11) is 3.36. The van der Waals surface area contributed by atoms with E-state index in [0.29, 0.717) is 36.7 Å². The van der Waals surface area contributed by atoms with Gasteiger partial charge in [0, 0.05) is 30.0 Å². The average molecular weight is 394 g/mol. The van der Waals surface area contributed by atoms with E-state index in [0.717, 1.165) is 30.9 Å². The number of methoxy groups -OCH3 is 2. The Morgan fingerprint density at radius 2 is 2.03 bits per heavy atom. The van der Waals surface area contributed by atoms with Gasteiger partial charge in [-0.05, 0) is 36.9 Å². The molecule has 1 aromatic carbocycles. The summed E-state index contributed by atoms with van der Waals surface area (Å²) in [5.41, 5.74) is 3.85. The second-order valence-corrected chi connectivity index (χ2v) is 9.48. The molecule has 1 aromatic rings. The molecule has 4 fully saturated rings. The molecule has 152 valence electrons. The van der Waals surface area contributed by atoms with E-state index in [-0.39, 0.29) is 23.5 Å². The number of carbonyl (C=O) groups excluding carboxylic acids is 1. The van der Waals surface area contributed by atoms with Crippen LogP contribution in [0, 0.1) is 11.8 Å². The lowest BCUT2D eigenvalue weighted by Gasteiger charge is -2.58. The van der Waals surface area contributed by atoms with E-state index in [1.807, 2.05) is 6.07 Å². The molecule has 5 aliphatic heterocycles. The molecule has 3 saturated heterocycles. The van der Waals surface area contributed by atoms with Gasteiger partial charge >= 0.3 is 0 Å². The highest BCUT2D eigenvalue weighted by atomic mass is 16.5. The van der Waals surface area contributed by atoms with Crippen molar-refractivity contribution in [1.29, 1.82) is 0 Å². The number of piperidine rings is 2. The molecule has 1 saturated carbocycles. The molecule has 6 nitrogen and oxygen atoms in total. The quantitative estimate of drug-likeness (QED) is 0.719. The maximum atomic E-state index is 13.5. The van der Waals surface area contributed by atoms with Gasteiger partial charge in [0.25, 0.3) is 0 Å². The third-order valence-electron chi connectivity index (χ3n) is 8.81. The Labute approximate surface area is 170 Å². The van der Waals surface area contributed by atoms with E-state index < -0.39 is 0 Å². The molecule has 0 N–H and O–H groups in total. The number of hydrogen-bond donors (Lipinski definition) is 0. The van der Waals surface area contributed by atoms with Gasteiger partial charge in [-0.25, -0.2) is 0 Å². The number of anilines is 1. The van der Waals surface area contributed by atoms with E-state index in [2.05, 4.69) is 21.9 Å². The van der Waals surface area contributed by atoms with Crippen LogP contribution in [0.5, 0.6) is 11.5 Å². The van der Waals surface area contributed by atoms with Crippen molar-refractivity contribution in [2.24, 2.45) is 11.8 Å². The normalized spacial score (nSPS) is 41.0. The maximum Gasteiger partial charge on any atom is 0.229 e. The number of rotatable bonds is 2. The molecule has 6 heteroatoms. The SMILES string of the molecule is COc1cc2c(cc1OC)[C@@]13CCN4CC5=CCO[C@@H]6CC(=O)N2[C@H]1[C@@H]6[C@H]5C[C@@H]43. The number of fused-ring (bicyclic) bond motifs is 2. The predicted molar refractivity (Wildman–Crippen MR) is 107 cm³/mol. The lowest BCUT2D eigenvalue weighted by atomic mass is 9.53. The molecular formula is C23H26N2O4. The summed E-state index contributed by atoms with van der Waals surface area (Å²) in [5.74, 6) is 2.57. The number of ether oxygens (including phenoxy) is 3. The highest BCUT2D eigenvalue weighted by Crippen LogP contribution is 2.66. The predicted octanol–water partition coefficient (Wildman–Crippen LogP) is 2.11.